The van der Waals surface area contributed by atoms with Crippen LogP contribution >= 0.6 is 0 Å². The van der Waals surface area contributed by atoms with Crippen molar-refractivity contribution in [2.45, 2.75) is 12.8 Å². The highest BCUT2D eigenvalue weighted by Gasteiger charge is 2.17. The van der Waals surface area contributed by atoms with Crippen LogP contribution in [-0.2, 0) is 0 Å². The number of hydrogen-bond donors (Lipinski definition) is 2. The van der Waals surface area contributed by atoms with E-state index in [1.54, 1.807) is 18.3 Å². The van der Waals surface area contributed by atoms with Gasteiger partial charge in [0.1, 0.15) is 5.69 Å². The predicted molar refractivity (Wildman–Crippen MR) is 96.1 cm³/mol. The summed E-state index contributed by atoms with van der Waals surface area (Å²) in [6.45, 7) is 1.93. The second kappa shape index (κ2) is 7.42. The van der Waals surface area contributed by atoms with E-state index >= 15 is 0 Å². The number of hydrazone groups is 1. The fraction of sp³-hybridized carbons (Fsp3) is 0.100. The molecule has 0 aliphatic heterocycles. The van der Waals surface area contributed by atoms with Gasteiger partial charge in [-0.05, 0) is 30.2 Å². The highest BCUT2D eigenvalue weighted by molar-refractivity contribution is 5.96. The Morgan fingerprint density at radius 1 is 0.917 bits per heavy atom. The highest BCUT2D eigenvalue weighted by atomic mass is 16.2. The number of nitrogens with zero attached hydrogens (tertiary/aromatic N) is 1. The fourth-order valence-corrected chi connectivity index (χ4v) is 2.70. The average molecular weight is 317 g/mol. The molecule has 0 bridgehead atoms. The lowest BCUT2D eigenvalue weighted by atomic mass is 9.88. The SMILES string of the molecule is C/C(=N/NC(=O)c1ccc[nH]1)C(c1ccccc1)c1ccccc1. The van der Waals surface area contributed by atoms with Crippen LogP contribution in [0.5, 0.6) is 0 Å². The summed E-state index contributed by atoms with van der Waals surface area (Å²) in [6.07, 6.45) is 1.71. The van der Waals surface area contributed by atoms with Crippen LogP contribution in [-0.4, -0.2) is 16.6 Å². The van der Waals surface area contributed by atoms with Crippen LogP contribution < -0.4 is 5.43 Å². The number of nitrogens with one attached hydrogen (secondary N) is 2. The summed E-state index contributed by atoms with van der Waals surface area (Å²) in [5.41, 5.74) is 6.21. The second-order valence-corrected chi connectivity index (χ2v) is 5.53. The van der Waals surface area contributed by atoms with E-state index in [0.29, 0.717) is 5.69 Å². The van der Waals surface area contributed by atoms with Gasteiger partial charge in [-0.15, -0.1) is 0 Å². The Kier molecular flexibility index (Phi) is 4.87. The molecule has 0 atom stereocenters. The van der Waals surface area contributed by atoms with Crippen molar-refractivity contribution in [1.29, 1.82) is 0 Å². The van der Waals surface area contributed by atoms with Crippen LogP contribution in [0.1, 0.15) is 34.5 Å². The quantitative estimate of drug-likeness (QED) is 0.543. The van der Waals surface area contributed by atoms with Crippen molar-refractivity contribution in [2.24, 2.45) is 5.10 Å². The number of carbonyl (C=O) groups excluding carboxylic acids is 1. The second-order valence-electron chi connectivity index (χ2n) is 5.53. The van der Waals surface area contributed by atoms with Crippen molar-refractivity contribution in [2.75, 3.05) is 0 Å². The summed E-state index contributed by atoms with van der Waals surface area (Å²) >= 11 is 0. The van der Waals surface area contributed by atoms with E-state index in [2.05, 4.69) is 39.8 Å². The zero-order chi connectivity index (χ0) is 16.8. The van der Waals surface area contributed by atoms with Crippen molar-refractivity contribution in [1.82, 2.24) is 10.4 Å². The standard InChI is InChI=1S/C20H19N3O/c1-15(22-23-20(24)18-13-8-14-21-18)19(16-9-4-2-5-10-16)17-11-6-3-7-12-17/h2-14,19,21H,1H3,(H,23,24)/b22-15-. The maximum absolute atomic E-state index is 12.1. The number of aromatic amines is 1. The summed E-state index contributed by atoms with van der Waals surface area (Å²) in [7, 11) is 0. The molecule has 0 aliphatic carbocycles. The maximum Gasteiger partial charge on any atom is 0.287 e. The number of rotatable bonds is 5. The third-order valence-electron chi connectivity index (χ3n) is 3.86. The van der Waals surface area contributed by atoms with Crippen LogP contribution in [0.2, 0.25) is 0 Å². The number of benzene rings is 2. The predicted octanol–water partition coefficient (Wildman–Crippen LogP) is 3.95. The Bertz CT molecular complexity index is 769. The average Bonchev–Trinajstić information content (AvgIpc) is 3.16. The first kappa shape index (κ1) is 15.7. The smallest absolute Gasteiger partial charge is 0.287 e. The van der Waals surface area contributed by atoms with Gasteiger partial charge >= 0.3 is 0 Å². The molecule has 3 aromatic rings. The molecule has 0 aliphatic rings. The van der Waals surface area contributed by atoms with Gasteiger partial charge in [0.05, 0.1) is 0 Å². The fourth-order valence-electron chi connectivity index (χ4n) is 2.70. The van der Waals surface area contributed by atoms with E-state index in [0.717, 1.165) is 16.8 Å². The molecule has 1 heterocycles. The normalized spacial score (nSPS) is 11.5. The van der Waals surface area contributed by atoms with E-state index in [1.807, 2.05) is 43.3 Å². The third kappa shape index (κ3) is 3.60. The third-order valence-corrected chi connectivity index (χ3v) is 3.86. The molecule has 1 aromatic heterocycles. The number of H-pyrrole nitrogens is 1. The van der Waals surface area contributed by atoms with Crippen molar-refractivity contribution < 1.29 is 4.79 Å². The van der Waals surface area contributed by atoms with Crippen LogP contribution in [0.4, 0.5) is 0 Å². The summed E-state index contributed by atoms with van der Waals surface area (Å²) in [6, 6.07) is 23.8. The number of carbonyl (C=O) groups is 1. The molecule has 2 N–H and O–H groups in total. The Morgan fingerprint density at radius 2 is 1.50 bits per heavy atom. The minimum absolute atomic E-state index is 0.00339. The minimum Gasteiger partial charge on any atom is -0.357 e. The Morgan fingerprint density at radius 3 is 2.00 bits per heavy atom. The molecule has 0 unspecified atom stereocenters. The Labute approximate surface area is 141 Å². The molecule has 0 fully saturated rings. The Hall–Kier alpha value is -3.14. The first-order valence-electron chi connectivity index (χ1n) is 7.83. The monoisotopic (exact) mass is 317 g/mol. The van der Waals surface area contributed by atoms with Crippen molar-refractivity contribution in [3.63, 3.8) is 0 Å². The van der Waals surface area contributed by atoms with Gasteiger partial charge in [-0.3, -0.25) is 4.79 Å². The van der Waals surface area contributed by atoms with Crippen LogP contribution in [0.15, 0.2) is 84.1 Å². The van der Waals surface area contributed by atoms with Crippen molar-refractivity contribution in [3.05, 3.63) is 95.8 Å². The van der Waals surface area contributed by atoms with Crippen LogP contribution in [0, 0.1) is 0 Å². The number of hydrogen-bond acceptors (Lipinski definition) is 2. The summed E-state index contributed by atoms with van der Waals surface area (Å²) in [5, 5.41) is 4.33. The molecule has 3 rings (SSSR count). The van der Waals surface area contributed by atoms with E-state index in [9.17, 15) is 4.79 Å². The molecule has 4 nitrogen and oxygen atoms in total. The lowest BCUT2D eigenvalue weighted by Crippen LogP contribution is -2.22. The first-order valence-corrected chi connectivity index (χ1v) is 7.83. The van der Waals surface area contributed by atoms with Gasteiger partial charge in [-0.1, -0.05) is 60.7 Å². The first-order chi connectivity index (χ1) is 11.8. The van der Waals surface area contributed by atoms with Crippen LogP contribution in [0.25, 0.3) is 0 Å². The molecule has 0 spiro atoms. The lowest BCUT2D eigenvalue weighted by Gasteiger charge is -2.18. The van der Waals surface area contributed by atoms with Crippen molar-refractivity contribution >= 4 is 11.6 Å². The molecule has 24 heavy (non-hydrogen) atoms. The van der Waals surface area contributed by atoms with Gasteiger partial charge in [0.15, 0.2) is 0 Å². The molecule has 2 aromatic carbocycles. The molecular weight excluding hydrogens is 298 g/mol. The van der Waals surface area contributed by atoms with Gasteiger partial charge in [-0.25, -0.2) is 5.43 Å². The summed E-state index contributed by atoms with van der Waals surface area (Å²) in [4.78, 5) is 14.9. The van der Waals surface area contributed by atoms with E-state index < -0.39 is 0 Å². The molecule has 0 radical (unpaired) electrons. The molecule has 0 saturated carbocycles. The molecular formula is C20H19N3O. The Balaban J connectivity index is 1.88. The number of amides is 1. The highest BCUT2D eigenvalue weighted by Crippen LogP contribution is 2.25. The van der Waals surface area contributed by atoms with Gasteiger partial charge in [-0.2, -0.15) is 5.10 Å². The zero-order valence-electron chi connectivity index (χ0n) is 13.4. The van der Waals surface area contributed by atoms with E-state index in [-0.39, 0.29) is 11.8 Å². The lowest BCUT2D eigenvalue weighted by molar-refractivity contribution is 0.0950. The molecule has 1 amide bonds. The molecule has 4 heteroatoms. The zero-order valence-corrected chi connectivity index (χ0v) is 13.4. The minimum atomic E-state index is -0.251. The van der Waals surface area contributed by atoms with Gasteiger partial charge in [0.2, 0.25) is 0 Å². The topological polar surface area (TPSA) is 57.2 Å². The summed E-state index contributed by atoms with van der Waals surface area (Å²) in [5.74, 6) is -0.254. The van der Waals surface area contributed by atoms with Gasteiger partial charge in [0.25, 0.3) is 5.91 Å². The number of aromatic nitrogens is 1. The van der Waals surface area contributed by atoms with Crippen molar-refractivity contribution in [3.8, 4) is 0 Å². The van der Waals surface area contributed by atoms with Gasteiger partial charge in [0, 0.05) is 17.8 Å². The van der Waals surface area contributed by atoms with E-state index in [1.165, 1.54) is 0 Å². The largest absolute Gasteiger partial charge is 0.357 e. The van der Waals surface area contributed by atoms with E-state index in [4.69, 9.17) is 0 Å². The summed E-state index contributed by atoms with van der Waals surface area (Å²) < 4.78 is 0. The molecule has 0 saturated heterocycles. The molecule has 120 valence electrons. The van der Waals surface area contributed by atoms with Gasteiger partial charge < -0.3 is 4.98 Å². The van der Waals surface area contributed by atoms with Crippen LogP contribution in [0.3, 0.4) is 0 Å². The maximum atomic E-state index is 12.1.